The van der Waals surface area contributed by atoms with Crippen molar-refractivity contribution in [2.45, 2.75) is 39.2 Å². The van der Waals surface area contributed by atoms with Gasteiger partial charge in [-0.2, -0.15) is 0 Å². The average molecular weight is 565 g/mol. The zero-order chi connectivity index (χ0) is 29.1. The smallest absolute Gasteiger partial charge is 0.266 e. The van der Waals surface area contributed by atoms with Gasteiger partial charge in [-0.25, -0.2) is 28.1 Å². The summed E-state index contributed by atoms with van der Waals surface area (Å²) in [7, 11) is 3.41. The number of rotatable bonds is 9. The normalized spacial score (nSPS) is 13.2. The second kappa shape index (κ2) is 12.0. The molecule has 1 aliphatic rings. The zero-order valence-corrected chi connectivity index (χ0v) is 23.1. The van der Waals surface area contributed by atoms with Crippen molar-refractivity contribution in [3.8, 4) is 5.88 Å². The summed E-state index contributed by atoms with van der Waals surface area (Å²) in [6, 6.07) is 11.5. The van der Waals surface area contributed by atoms with Gasteiger partial charge < -0.3 is 19.9 Å². The number of likely N-dealkylation sites (tertiary alicyclic amines) is 1. The molecule has 1 saturated heterocycles. The van der Waals surface area contributed by atoms with E-state index >= 15 is 0 Å². The van der Waals surface area contributed by atoms with Gasteiger partial charge in [-0.1, -0.05) is 18.2 Å². The third kappa shape index (κ3) is 6.03. The van der Waals surface area contributed by atoms with Gasteiger partial charge in [0, 0.05) is 48.9 Å². The van der Waals surface area contributed by atoms with Crippen LogP contribution >= 0.6 is 0 Å². The monoisotopic (exact) mass is 564 g/mol. The van der Waals surface area contributed by atoms with Crippen molar-refractivity contribution < 1.29 is 22.7 Å². The van der Waals surface area contributed by atoms with Crippen molar-refractivity contribution in [3.63, 3.8) is 0 Å². The number of hydrogen-bond donors (Lipinski definition) is 1. The number of nitrogens with zero attached hydrogens (tertiary/aromatic N) is 5. The maximum absolute atomic E-state index is 14.6. The van der Waals surface area contributed by atoms with Gasteiger partial charge in [-0.3, -0.25) is 4.79 Å². The Labute approximate surface area is 236 Å². The molecule has 0 radical (unpaired) electrons. The fraction of sp³-hybridized carbons (Fsp3) is 0.333. The maximum Gasteiger partial charge on any atom is 0.266 e. The molecule has 4 aromatic rings. The molecule has 0 saturated carbocycles. The molecule has 3 heterocycles. The second-order valence-electron chi connectivity index (χ2n) is 9.98. The van der Waals surface area contributed by atoms with E-state index in [0.717, 1.165) is 43.4 Å². The molecule has 1 fully saturated rings. The van der Waals surface area contributed by atoms with Crippen molar-refractivity contribution >= 4 is 34.0 Å². The van der Waals surface area contributed by atoms with Gasteiger partial charge in [-0.15, -0.1) is 0 Å². The Balaban J connectivity index is 1.43. The van der Waals surface area contributed by atoms with Crippen LogP contribution in [0.25, 0.3) is 10.9 Å². The zero-order valence-electron chi connectivity index (χ0n) is 23.1. The van der Waals surface area contributed by atoms with Gasteiger partial charge in [0.2, 0.25) is 11.8 Å². The van der Waals surface area contributed by atoms with E-state index in [1.54, 1.807) is 13.1 Å². The fourth-order valence-corrected chi connectivity index (χ4v) is 5.03. The van der Waals surface area contributed by atoms with E-state index in [9.17, 15) is 18.0 Å². The third-order valence-electron chi connectivity index (χ3n) is 7.26. The number of carbonyl (C=O) groups excluding carboxylic acids is 1. The second-order valence-corrected chi connectivity index (χ2v) is 9.98. The molecule has 0 aliphatic carbocycles. The molecule has 5 rings (SSSR count). The summed E-state index contributed by atoms with van der Waals surface area (Å²) >= 11 is 0. The number of carbonyl (C=O) groups is 1. The molecule has 0 unspecified atom stereocenters. The molecule has 1 aliphatic heterocycles. The van der Waals surface area contributed by atoms with Crippen LogP contribution in [0.4, 0.5) is 30.4 Å². The number of fused-ring (bicyclic) bond motifs is 1. The number of halogens is 3. The Morgan fingerprint density at radius 2 is 1.88 bits per heavy atom. The number of pyridine rings is 1. The standard InChI is InChI=1S/C30H31F3N6O2/c1-18-36-25-10-9-21(15-24(25)29(37-18)34-16-19-7-6-8-23(27(19)31)28(32)33)38(2)22-13-20(30(41-3)35-17-22)14-26(40)39-11-4-5-12-39/h6-10,13,15,17,28H,4-5,11-12,14,16H2,1-3H3,(H,34,36,37). The van der Waals surface area contributed by atoms with Gasteiger partial charge in [0.15, 0.2) is 0 Å². The summed E-state index contributed by atoms with van der Waals surface area (Å²) in [5.74, 6) is 0.485. The molecule has 1 N–H and O–H groups in total. The van der Waals surface area contributed by atoms with Crippen LogP contribution in [0, 0.1) is 12.7 Å². The van der Waals surface area contributed by atoms with E-state index in [2.05, 4.69) is 20.3 Å². The first kappa shape index (κ1) is 28.1. The van der Waals surface area contributed by atoms with E-state index in [1.165, 1.54) is 19.2 Å². The molecule has 0 spiro atoms. The lowest BCUT2D eigenvalue weighted by atomic mass is 10.1. The summed E-state index contributed by atoms with van der Waals surface area (Å²) in [5, 5.41) is 3.78. The van der Waals surface area contributed by atoms with Crippen LogP contribution in [0.2, 0.25) is 0 Å². The van der Waals surface area contributed by atoms with E-state index in [4.69, 9.17) is 4.74 Å². The molecule has 2 aromatic heterocycles. The highest BCUT2D eigenvalue weighted by molar-refractivity contribution is 5.92. The first-order valence-corrected chi connectivity index (χ1v) is 13.4. The molecule has 0 atom stereocenters. The lowest BCUT2D eigenvalue weighted by Crippen LogP contribution is -2.29. The number of amides is 1. The molecule has 1 amide bonds. The number of aromatic nitrogens is 3. The number of anilines is 3. The SMILES string of the molecule is COc1ncc(N(C)c2ccc3nc(C)nc(NCc4cccc(C(F)F)c4F)c3c2)cc1CC(=O)N1CCCC1. The van der Waals surface area contributed by atoms with Crippen LogP contribution in [0.15, 0.2) is 48.7 Å². The van der Waals surface area contributed by atoms with Gasteiger partial charge in [0.05, 0.1) is 36.5 Å². The van der Waals surface area contributed by atoms with Crippen LogP contribution in [-0.2, 0) is 17.8 Å². The number of hydrogen-bond acceptors (Lipinski definition) is 7. The number of nitrogens with one attached hydrogen (secondary N) is 1. The van der Waals surface area contributed by atoms with Crippen molar-refractivity contribution in [3.05, 3.63) is 77.0 Å². The van der Waals surface area contributed by atoms with E-state index in [1.807, 2.05) is 41.1 Å². The number of benzene rings is 2. The van der Waals surface area contributed by atoms with Crippen LogP contribution < -0.4 is 15.0 Å². The Morgan fingerprint density at radius 3 is 2.61 bits per heavy atom. The first-order chi connectivity index (χ1) is 19.7. The maximum atomic E-state index is 14.6. The van der Waals surface area contributed by atoms with Crippen LogP contribution in [-0.4, -0.2) is 53.0 Å². The van der Waals surface area contributed by atoms with Gasteiger partial charge in [0.1, 0.15) is 17.5 Å². The first-order valence-electron chi connectivity index (χ1n) is 13.4. The molecule has 2 aromatic carbocycles. The van der Waals surface area contributed by atoms with E-state index in [-0.39, 0.29) is 24.4 Å². The molecule has 41 heavy (non-hydrogen) atoms. The quantitative estimate of drug-likeness (QED) is 0.268. The van der Waals surface area contributed by atoms with E-state index < -0.39 is 17.8 Å². The lowest BCUT2D eigenvalue weighted by molar-refractivity contribution is -0.129. The minimum Gasteiger partial charge on any atom is -0.481 e. The summed E-state index contributed by atoms with van der Waals surface area (Å²) in [4.78, 5) is 30.1. The van der Waals surface area contributed by atoms with Crippen molar-refractivity contribution in [1.29, 1.82) is 0 Å². The highest BCUT2D eigenvalue weighted by Gasteiger charge is 2.21. The molecule has 0 bridgehead atoms. The summed E-state index contributed by atoms with van der Waals surface area (Å²) < 4.78 is 46.4. The molecule has 11 heteroatoms. The minimum absolute atomic E-state index is 0.0329. The summed E-state index contributed by atoms with van der Waals surface area (Å²) in [5.41, 5.74) is 2.39. The number of alkyl halides is 2. The fourth-order valence-electron chi connectivity index (χ4n) is 5.03. The Morgan fingerprint density at radius 1 is 1.10 bits per heavy atom. The van der Waals surface area contributed by atoms with Crippen LogP contribution in [0.3, 0.4) is 0 Å². The molecule has 214 valence electrons. The van der Waals surface area contributed by atoms with E-state index in [0.29, 0.717) is 34.0 Å². The van der Waals surface area contributed by atoms with Gasteiger partial charge >= 0.3 is 0 Å². The van der Waals surface area contributed by atoms with Crippen LogP contribution in [0.1, 0.15) is 41.8 Å². The highest BCUT2D eigenvalue weighted by atomic mass is 19.3. The third-order valence-corrected chi connectivity index (χ3v) is 7.26. The molecule has 8 nitrogen and oxygen atoms in total. The number of methoxy groups -OCH3 is 1. The molecular weight excluding hydrogens is 533 g/mol. The predicted molar refractivity (Wildman–Crippen MR) is 151 cm³/mol. The number of aryl methyl sites for hydroxylation is 1. The van der Waals surface area contributed by atoms with Crippen molar-refractivity contribution in [2.75, 3.05) is 37.5 Å². The topological polar surface area (TPSA) is 83.5 Å². The van der Waals surface area contributed by atoms with Crippen molar-refractivity contribution in [2.24, 2.45) is 0 Å². The average Bonchev–Trinajstić information content (AvgIpc) is 3.51. The summed E-state index contributed by atoms with van der Waals surface area (Å²) in [6.07, 6.45) is 1.00. The largest absolute Gasteiger partial charge is 0.481 e. The predicted octanol–water partition coefficient (Wildman–Crippen LogP) is 5.96. The lowest BCUT2D eigenvalue weighted by Gasteiger charge is -2.22. The van der Waals surface area contributed by atoms with Gasteiger partial charge in [-0.05, 0) is 44.0 Å². The molecular formula is C30H31F3N6O2. The number of ether oxygens (including phenoxy) is 1. The Kier molecular flexibility index (Phi) is 8.23. The Hall–Kier alpha value is -4.41. The summed E-state index contributed by atoms with van der Waals surface area (Å²) in [6.45, 7) is 3.26. The van der Waals surface area contributed by atoms with Crippen molar-refractivity contribution in [1.82, 2.24) is 19.9 Å². The minimum atomic E-state index is -2.90. The van der Waals surface area contributed by atoms with Crippen LogP contribution in [0.5, 0.6) is 5.88 Å². The highest BCUT2D eigenvalue weighted by Crippen LogP contribution is 2.32. The van der Waals surface area contributed by atoms with Gasteiger partial charge in [0.25, 0.3) is 6.43 Å². The Bertz CT molecular complexity index is 1580.